The van der Waals surface area contributed by atoms with E-state index in [1.807, 2.05) is 0 Å². The number of nitrogens with one attached hydrogen (secondary N) is 1. The number of carbonyl (C=O) groups excluding carboxylic acids is 2. The van der Waals surface area contributed by atoms with Gasteiger partial charge in [0.15, 0.2) is 14.4 Å². The summed E-state index contributed by atoms with van der Waals surface area (Å²) in [5, 5.41) is 2.58. The maximum Gasteiger partial charge on any atom is 0.408 e. The van der Waals surface area contributed by atoms with Crippen molar-refractivity contribution < 1.29 is 23.5 Å². The van der Waals surface area contributed by atoms with Crippen molar-refractivity contribution in [1.82, 2.24) is 5.32 Å². The fourth-order valence-electron chi connectivity index (χ4n) is 1.50. The number of hydrogen-bond acceptors (Lipinski definition) is 5. The molecule has 0 aliphatic rings. The standard InChI is InChI=1S/C18H37NO5Si/c1-16(2,3)23-14(20)13(19-15(21)24-17(4,5)6)12-22-25(10,11)18(7,8)9/h13H,12H2,1-11H3,(H,19,21)/t13-/m0/s1. The molecule has 0 saturated heterocycles. The summed E-state index contributed by atoms with van der Waals surface area (Å²) in [6, 6.07) is -0.914. The van der Waals surface area contributed by atoms with E-state index in [2.05, 4.69) is 39.2 Å². The van der Waals surface area contributed by atoms with Gasteiger partial charge in [0.2, 0.25) is 0 Å². The fraction of sp³-hybridized carbons (Fsp3) is 0.889. The van der Waals surface area contributed by atoms with Crippen molar-refractivity contribution in [3.8, 4) is 0 Å². The molecule has 1 N–H and O–H groups in total. The molecule has 0 aliphatic heterocycles. The summed E-state index contributed by atoms with van der Waals surface area (Å²) in [7, 11) is -2.07. The van der Waals surface area contributed by atoms with Crippen molar-refractivity contribution in [2.75, 3.05) is 6.61 Å². The second kappa shape index (κ2) is 8.08. The summed E-state index contributed by atoms with van der Waals surface area (Å²) in [6.45, 7) is 21.2. The van der Waals surface area contributed by atoms with Crippen LogP contribution in [0.4, 0.5) is 4.79 Å². The van der Waals surface area contributed by atoms with E-state index < -0.39 is 37.6 Å². The van der Waals surface area contributed by atoms with Gasteiger partial charge in [-0.15, -0.1) is 0 Å². The predicted octanol–water partition coefficient (Wildman–Crippen LogP) is 4.24. The molecule has 0 saturated carbocycles. The van der Waals surface area contributed by atoms with Crippen LogP contribution in [0, 0.1) is 0 Å². The van der Waals surface area contributed by atoms with E-state index >= 15 is 0 Å². The number of rotatable bonds is 5. The van der Waals surface area contributed by atoms with Gasteiger partial charge >= 0.3 is 12.1 Å². The van der Waals surface area contributed by atoms with E-state index in [0.717, 1.165) is 0 Å². The van der Waals surface area contributed by atoms with E-state index in [1.54, 1.807) is 41.5 Å². The molecule has 0 spiro atoms. The van der Waals surface area contributed by atoms with Gasteiger partial charge in [0.25, 0.3) is 0 Å². The average molecular weight is 376 g/mol. The highest BCUT2D eigenvalue weighted by molar-refractivity contribution is 6.74. The van der Waals surface area contributed by atoms with Gasteiger partial charge in [-0.05, 0) is 59.7 Å². The van der Waals surface area contributed by atoms with Gasteiger partial charge in [0.05, 0.1) is 6.61 Å². The van der Waals surface area contributed by atoms with Crippen LogP contribution in [0.5, 0.6) is 0 Å². The quantitative estimate of drug-likeness (QED) is 0.574. The Labute approximate surface area is 154 Å². The third kappa shape index (κ3) is 9.84. The lowest BCUT2D eigenvalue weighted by Gasteiger charge is -2.37. The number of ether oxygens (including phenoxy) is 2. The third-order valence-corrected chi connectivity index (χ3v) is 8.30. The zero-order valence-corrected chi connectivity index (χ0v) is 18.8. The van der Waals surface area contributed by atoms with Crippen molar-refractivity contribution in [3.63, 3.8) is 0 Å². The Morgan fingerprint density at radius 2 is 1.32 bits per heavy atom. The molecule has 0 heterocycles. The van der Waals surface area contributed by atoms with Crippen molar-refractivity contribution in [2.24, 2.45) is 0 Å². The molecule has 148 valence electrons. The lowest BCUT2D eigenvalue weighted by Crippen LogP contribution is -2.51. The minimum absolute atomic E-state index is 0.00258. The van der Waals surface area contributed by atoms with E-state index in [0.29, 0.717) is 0 Å². The van der Waals surface area contributed by atoms with Crippen molar-refractivity contribution in [2.45, 2.75) is 97.7 Å². The first-order valence-electron chi connectivity index (χ1n) is 8.70. The first kappa shape index (κ1) is 23.9. The summed E-state index contributed by atoms with van der Waals surface area (Å²) in [6.07, 6.45) is -0.665. The van der Waals surface area contributed by atoms with Crippen LogP contribution in [0.3, 0.4) is 0 Å². The van der Waals surface area contributed by atoms with Crippen LogP contribution in [0.15, 0.2) is 0 Å². The molecule has 0 rings (SSSR count). The zero-order chi connectivity index (χ0) is 20.3. The van der Waals surface area contributed by atoms with Gasteiger partial charge in [0.1, 0.15) is 11.2 Å². The minimum atomic E-state index is -2.07. The molecule has 1 atom stereocenters. The van der Waals surface area contributed by atoms with E-state index in [9.17, 15) is 9.59 Å². The van der Waals surface area contributed by atoms with Gasteiger partial charge in [-0.1, -0.05) is 20.8 Å². The van der Waals surface area contributed by atoms with Crippen LogP contribution in [0.1, 0.15) is 62.3 Å². The molecule has 25 heavy (non-hydrogen) atoms. The smallest absolute Gasteiger partial charge is 0.408 e. The molecular weight excluding hydrogens is 338 g/mol. The van der Waals surface area contributed by atoms with Crippen LogP contribution in [-0.2, 0) is 18.7 Å². The number of hydrogen-bond donors (Lipinski definition) is 1. The largest absolute Gasteiger partial charge is 0.458 e. The van der Waals surface area contributed by atoms with Crippen LogP contribution >= 0.6 is 0 Å². The summed E-state index contributed by atoms with van der Waals surface area (Å²) < 4.78 is 16.7. The Kier molecular flexibility index (Phi) is 7.73. The van der Waals surface area contributed by atoms with Crippen LogP contribution in [0.2, 0.25) is 18.1 Å². The van der Waals surface area contributed by atoms with Gasteiger partial charge < -0.3 is 19.2 Å². The number of amides is 1. The average Bonchev–Trinajstić information content (AvgIpc) is 2.28. The first-order chi connectivity index (χ1) is 10.8. The third-order valence-electron chi connectivity index (χ3n) is 3.80. The highest BCUT2D eigenvalue weighted by atomic mass is 28.4. The van der Waals surface area contributed by atoms with Gasteiger partial charge in [0, 0.05) is 0 Å². The van der Waals surface area contributed by atoms with Gasteiger partial charge in [-0.2, -0.15) is 0 Å². The summed E-state index contributed by atoms with van der Waals surface area (Å²) in [5.41, 5.74) is -1.30. The highest BCUT2D eigenvalue weighted by Crippen LogP contribution is 2.36. The number of alkyl carbamates (subject to hydrolysis) is 1. The summed E-state index contributed by atoms with van der Waals surface area (Å²) in [4.78, 5) is 24.5. The molecule has 0 radical (unpaired) electrons. The minimum Gasteiger partial charge on any atom is -0.458 e. The Morgan fingerprint density at radius 3 is 1.68 bits per heavy atom. The number of esters is 1. The second-order valence-corrected chi connectivity index (χ2v) is 14.6. The van der Waals surface area contributed by atoms with Crippen molar-refractivity contribution >= 4 is 20.4 Å². The normalized spacial score (nSPS) is 14.7. The SMILES string of the molecule is CC(C)(C)OC(=O)N[C@@H](CO[Si](C)(C)C(C)(C)C)C(=O)OC(C)(C)C. The molecule has 6 nitrogen and oxygen atoms in total. The van der Waals surface area contributed by atoms with Crippen molar-refractivity contribution in [1.29, 1.82) is 0 Å². The Morgan fingerprint density at radius 1 is 0.880 bits per heavy atom. The monoisotopic (exact) mass is 375 g/mol. The molecule has 1 amide bonds. The molecule has 0 bridgehead atoms. The Balaban J connectivity index is 5.15. The van der Waals surface area contributed by atoms with E-state index in [1.165, 1.54) is 0 Å². The van der Waals surface area contributed by atoms with Gasteiger partial charge in [-0.25, -0.2) is 9.59 Å². The maximum atomic E-state index is 12.5. The highest BCUT2D eigenvalue weighted by Gasteiger charge is 2.39. The number of carbonyl (C=O) groups is 2. The molecular formula is C18H37NO5Si. The lowest BCUT2D eigenvalue weighted by molar-refractivity contribution is -0.158. The van der Waals surface area contributed by atoms with E-state index in [-0.39, 0.29) is 11.6 Å². The van der Waals surface area contributed by atoms with Gasteiger partial charge in [-0.3, -0.25) is 0 Å². The second-order valence-electron chi connectivity index (χ2n) is 9.80. The van der Waals surface area contributed by atoms with E-state index in [4.69, 9.17) is 13.9 Å². The van der Waals surface area contributed by atoms with Crippen molar-refractivity contribution in [3.05, 3.63) is 0 Å². The lowest BCUT2D eigenvalue weighted by atomic mass is 10.2. The Hall–Kier alpha value is -1.08. The predicted molar refractivity (Wildman–Crippen MR) is 102 cm³/mol. The summed E-state index contributed by atoms with van der Waals surface area (Å²) >= 11 is 0. The summed E-state index contributed by atoms with van der Waals surface area (Å²) in [5.74, 6) is -0.530. The molecule has 0 aromatic heterocycles. The van der Waals surface area contributed by atoms with Crippen LogP contribution in [-0.4, -0.2) is 44.2 Å². The zero-order valence-electron chi connectivity index (χ0n) is 17.8. The molecule has 0 aromatic carbocycles. The maximum absolute atomic E-state index is 12.5. The molecule has 0 unspecified atom stereocenters. The molecule has 0 fully saturated rings. The van der Waals surface area contributed by atoms with Crippen LogP contribution in [0.25, 0.3) is 0 Å². The molecule has 0 aliphatic carbocycles. The topological polar surface area (TPSA) is 73.9 Å². The molecule has 7 heteroatoms. The first-order valence-corrected chi connectivity index (χ1v) is 11.6. The van der Waals surface area contributed by atoms with Crippen LogP contribution < -0.4 is 5.32 Å². The molecule has 0 aromatic rings. The Bertz CT molecular complexity index is 469. The fourth-order valence-corrected chi connectivity index (χ4v) is 2.52.